The van der Waals surface area contributed by atoms with Crippen LogP contribution in [0.5, 0.6) is 5.75 Å². The molecule has 0 radical (unpaired) electrons. The van der Waals surface area contributed by atoms with Gasteiger partial charge in [-0.15, -0.1) is 0 Å². The molecule has 0 aliphatic heterocycles. The fourth-order valence-corrected chi connectivity index (χ4v) is 2.16. The number of nitrogens with two attached hydrogens (primary N) is 1. The molecule has 1 aromatic rings. The normalized spacial score (nSPS) is 12.8. The SMILES string of the molecule is COc1c(C)cnc(CN(C)CC(C)CN)c1C. The van der Waals surface area contributed by atoms with Crippen molar-refractivity contribution in [2.75, 3.05) is 27.2 Å². The maximum atomic E-state index is 5.65. The van der Waals surface area contributed by atoms with Crippen LogP contribution in [0, 0.1) is 19.8 Å². The molecule has 1 rings (SSSR count). The summed E-state index contributed by atoms with van der Waals surface area (Å²) in [7, 11) is 3.80. The predicted molar refractivity (Wildman–Crippen MR) is 74.8 cm³/mol. The number of hydrogen-bond acceptors (Lipinski definition) is 4. The average Bonchev–Trinajstić information content (AvgIpc) is 2.33. The van der Waals surface area contributed by atoms with Crippen LogP contribution in [0.1, 0.15) is 23.7 Å². The van der Waals surface area contributed by atoms with E-state index in [2.05, 4.69) is 30.8 Å². The van der Waals surface area contributed by atoms with Crippen LogP contribution in [0.25, 0.3) is 0 Å². The van der Waals surface area contributed by atoms with Crippen LogP contribution in [-0.4, -0.2) is 37.1 Å². The number of ether oxygens (including phenoxy) is 1. The van der Waals surface area contributed by atoms with Gasteiger partial charge >= 0.3 is 0 Å². The number of rotatable bonds is 6. The number of nitrogens with zero attached hydrogens (tertiary/aromatic N) is 2. The topological polar surface area (TPSA) is 51.4 Å². The molecule has 0 fully saturated rings. The Morgan fingerprint density at radius 3 is 2.67 bits per heavy atom. The van der Waals surface area contributed by atoms with E-state index in [4.69, 9.17) is 10.5 Å². The summed E-state index contributed by atoms with van der Waals surface area (Å²) >= 11 is 0. The summed E-state index contributed by atoms with van der Waals surface area (Å²) in [6.07, 6.45) is 1.88. The number of aryl methyl sites for hydroxylation is 1. The molecule has 1 aromatic heterocycles. The van der Waals surface area contributed by atoms with Crippen LogP contribution in [0.15, 0.2) is 6.20 Å². The Morgan fingerprint density at radius 2 is 2.11 bits per heavy atom. The van der Waals surface area contributed by atoms with Gasteiger partial charge in [0.05, 0.1) is 12.8 Å². The van der Waals surface area contributed by atoms with Gasteiger partial charge in [0.25, 0.3) is 0 Å². The number of hydrogen-bond donors (Lipinski definition) is 1. The molecule has 2 N–H and O–H groups in total. The van der Waals surface area contributed by atoms with Crippen LogP contribution in [0.3, 0.4) is 0 Å². The maximum Gasteiger partial charge on any atom is 0.128 e. The van der Waals surface area contributed by atoms with Crippen molar-refractivity contribution in [1.82, 2.24) is 9.88 Å². The van der Waals surface area contributed by atoms with E-state index >= 15 is 0 Å². The fraction of sp³-hybridized carbons (Fsp3) is 0.643. The highest BCUT2D eigenvalue weighted by Crippen LogP contribution is 2.24. The second-order valence-electron chi connectivity index (χ2n) is 5.08. The van der Waals surface area contributed by atoms with Crippen molar-refractivity contribution in [3.63, 3.8) is 0 Å². The quantitative estimate of drug-likeness (QED) is 0.836. The van der Waals surface area contributed by atoms with Gasteiger partial charge in [-0.05, 0) is 33.4 Å². The van der Waals surface area contributed by atoms with Gasteiger partial charge in [0.2, 0.25) is 0 Å². The van der Waals surface area contributed by atoms with Crippen molar-refractivity contribution in [1.29, 1.82) is 0 Å². The van der Waals surface area contributed by atoms with Crippen LogP contribution in [0.4, 0.5) is 0 Å². The van der Waals surface area contributed by atoms with Crippen molar-refractivity contribution in [3.8, 4) is 5.75 Å². The molecule has 4 nitrogen and oxygen atoms in total. The van der Waals surface area contributed by atoms with E-state index in [1.807, 2.05) is 13.1 Å². The van der Waals surface area contributed by atoms with Gasteiger partial charge in [-0.3, -0.25) is 4.98 Å². The van der Waals surface area contributed by atoms with Gasteiger partial charge in [0.1, 0.15) is 5.75 Å². The average molecular weight is 251 g/mol. The molecule has 0 amide bonds. The summed E-state index contributed by atoms with van der Waals surface area (Å²) in [5.41, 5.74) is 8.93. The first kappa shape index (κ1) is 14.9. The summed E-state index contributed by atoms with van der Waals surface area (Å²) in [6.45, 7) is 8.76. The van der Waals surface area contributed by atoms with Crippen molar-refractivity contribution in [2.45, 2.75) is 27.3 Å². The van der Waals surface area contributed by atoms with E-state index in [1.54, 1.807) is 7.11 Å². The minimum absolute atomic E-state index is 0.502. The molecule has 102 valence electrons. The second-order valence-corrected chi connectivity index (χ2v) is 5.08. The lowest BCUT2D eigenvalue weighted by atomic mass is 10.1. The second kappa shape index (κ2) is 6.71. The molecule has 0 saturated heterocycles. The lowest BCUT2D eigenvalue weighted by Gasteiger charge is -2.21. The number of pyridine rings is 1. The zero-order valence-electron chi connectivity index (χ0n) is 12.2. The Kier molecular flexibility index (Phi) is 5.56. The standard InChI is InChI=1S/C14H25N3O/c1-10(6-15)8-17(4)9-13-12(3)14(18-5)11(2)7-16-13/h7,10H,6,8-9,15H2,1-5H3. The Labute approximate surface area is 110 Å². The summed E-state index contributed by atoms with van der Waals surface area (Å²) in [4.78, 5) is 6.76. The first-order valence-electron chi connectivity index (χ1n) is 6.37. The van der Waals surface area contributed by atoms with Crippen LogP contribution < -0.4 is 10.5 Å². The molecular formula is C14H25N3O. The molecule has 18 heavy (non-hydrogen) atoms. The van der Waals surface area contributed by atoms with Gasteiger partial charge in [-0.1, -0.05) is 6.92 Å². The van der Waals surface area contributed by atoms with E-state index in [9.17, 15) is 0 Å². The van der Waals surface area contributed by atoms with Crippen molar-refractivity contribution < 1.29 is 4.74 Å². The zero-order valence-corrected chi connectivity index (χ0v) is 12.2. The van der Waals surface area contributed by atoms with Crippen LogP contribution in [0.2, 0.25) is 0 Å². The third-order valence-electron chi connectivity index (χ3n) is 3.20. The summed E-state index contributed by atoms with van der Waals surface area (Å²) in [6, 6.07) is 0. The van der Waals surface area contributed by atoms with E-state index in [0.717, 1.165) is 35.7 Å². The summed E-state index contributed by atoms with van der Waals surface area (Å²) in [5, 5.41) is 0. The summed E-state index contributed by atoms with van der Waals surface area (Å²) < 4.78 is 5.42. The monoisotopic (exact) mass is 251 g/mol. The Balaban J connectivity index is 2.79. The van der Waals surface area contributed by atoms with Crippen molar-refractivity contribution in [3.05, 3.63) is 23.0 Å². The molecule has 0 aromatic carbocycles. The Morgan fingerprint density at radius 1 is 1.44 bits per heavy atom. The Bertz CT molecular complexity index is 393. The molecule has 1 heterocycles. The molecular weight excluding hydrogens is 226 g/mol. The van der Waals surface area contributed by atoms with Gasteiger partial charge in [0.15, 0.2) is 0 Å². The number of aromatic nitrogens is 1. The first-order valence-corrected chi connectivity index (χ1v) is 6.37. The predicted octanol–water partition coefficient (Wildman–Crippen LogP) is 1.73. The van der Waals surface area contributed by atoms with Crippen LogP contribution >= 0.6 is 0 Å². The highest BCUT2D eigenvalue weighted by molar-refractivity contribution is 5.40. The maximum absolute atomic E-state index is 5.65. The highest BCUT2D eigenvalue weighted by Gasteiger charge is 2.12. The van der Waals surface area contributed by atoms with Crippen LogP contribution in [-0.2, 0) is 6.54 Å². The molecule has 0 aliphatic carbocycles. The molecule has 0 bridgehead atoms. The van der Waals surface area contributed by atoms with Crippen molar-refractivity contribution in [2.24, 2.45) is 11.7 Å². The van der Waals surface area contributed by atoms with Gasteiger partial charge < -0.3 is 15.4 Å². The first-order chi connectivity index (χ1) is 8.49. The van der Waals surface area contributed by atoms with E-state index in [1.165, 1.54) is 0 Å². The van der Waals surface area contributed by atoms with Gasteiger partial charge in [0, 0.05) is 30.4 Å². The summed E-state index contributed by atoms with van der Waals surface area (Å²) in [5.74, 6) is 1.45. The molecule has 1 unspecified atom stereocenters. The van der Waals surface area contributed by atoms with E-state index < -0.39 is 0 Å². The lowest BCUT2D eigenvalue weighted by molar-refractivity contribution is 0.277. The van der Waals surface area contributed by atoms with E-state index in [-0.39, 0.29) is 0 Å². The minimum Gasteiger partial charge on any atom is -0.496 e. The fourth-order valence-electron chi connectivity index (χ4n) is 2.16. The molecule has 4 heteroatoms. The van der Waals surface area contributed by atoms with Gasteiger partial charge in [-0.25, -0.2) is 0 Å². The molecule has 0 aliphatic rings. The lowest BCUT2D eigenvalue weighted by Crippen LogP contribution is -2.28. The third-order valence-corrected chi connectivity index (χ3v) is 3.20. The van der Waals surface area contributed by atoms with Gasteiger partial charge in [-0.2, -0.15) is 0 Å². The number of methoxy groups -OCH3 is 1. The zero-order chi connectivity index (χ0) is 13.7. The molecule has 1 atom stereocenters. The largest absolute Gasteiger partial charge is 0.496 e. The highest BCUT2D eigenvalue weighted by atomic mass is 16.5. The smallest absolute Gasteiger partial charge is 0.128 e. The molecule has 0 saturated carbocycles. The van der Waals surface area contributed by atoms with Crippen molar-refractivity contribution >= 4 is 0 Å². The Hall–Kier alpha value is -1.13. The van der Waals surface area contributed by atoms with E-state index in [0.29, 0.717) is 12.5 Å². The molecule has 0 spiro atoms. The minimum atomic E-state index is 0.502. The third kappa shape index (κ3) is 3.68.